The Balaban J connectivity index is 0.00000208. The van der Waals surface area contributed by atoms with Gasteiger partial charge < -0.3 is 15.8 Å². The first-order valence-corrected chi connectivity index (χ1v) is 8.15. The predicted octanol–water partition coefficient (Wildman–Crippen LogP) is 3.47. The summed E-state index contributed by atoms with van der Waals surface area (Å²) in [5, 5.41) is 3.06. The van der Waals surface area contributed by atoms with Crippen LogP contribution in [0.5, 0.6) is 5.75 Å². The number of hydrogen-bond donors (Lipinski definition) is 2. The second-order valence-electron chi connectivity index (χ2n) is 6.52. The van der Waals surface area contributed by atoms with E-state index in [1.54, 1.807) is 12.1 Å². The van der Waals surface area contributed by atoms with Gasteiger partial charge in [0.05, 0.1) is 11.6 Å². The minimum absolute atomic E-state index is 0. The van der Waals surface area contributed by atoms with Crippen LogP contribution < -0.4 is 15.8 Å². The van der Waals surface area contributed by atoms with Gasteiger partial charge in [0, 0.05) is 0 Å². The maximum atomic E-state index is 12.5. The van der Waals surface area contributed by atoms with Gasteiger partial charge in [-0.05, 0) is 55.4 Å². The molecule has 1 aromatic rings. The Kier molecular flexibility index (Phi) is 6.04. The fourth-order valence-corrected chi connectivity index (χ4v) is 3.65. The summed E-state index contributed by atoms with van der Waals surface area (Å²) in [4.78, 5) is 12.5. The molecule has 3 N–H and O–H groups in total. The Hall–Kier alpha value is -1.40. The Morgan fingerprint density at radius 1 is 1.29 bits per heavy atom. The molecule has 1 saturated carbocycles. The number of rotatable bonds is 4. The van der Waals surface area contributed by atoms with E-state index in [1.807, 2.05) is 0 Å². The van der Waals surface area contributed by atoms with Crippen molar-refractivity contribution in [3.8, 4) is 5.75 Å². The Morgan fingerprint density at radius 3 is 2.67 bits per heavy atom. The topological polar surface area (TPSA) is 64.4 Å². The fraction of sp³-hybridized carbons (Fsp3) is 0.588. The van der Waals surface area contributed by atoms with Crippen LogP contribution in [-0.2, 0) is 11.2 Å². The van der Waals surface area contributed by atoms with Gasteiger partial charge in [-0.2, -0.15) is 8.78 Å². The number of alkyl halides is 2. The number of carbonyl (C=O) groups is 1. The predicted molar refractivity (Wildman–Crippen MR) is 89.5 cm³/mol. The summed E-state index contributed by atoms with van der Waals surface area (Å²) in [6, 6.07) is 4.85. The van der Waals surface area contributed by atoms with Crippen molar-refractivity contribution >= 4 is 18.3 Å². The summed E-state index contributed by atoms with van der Waals surface area (Å²) in [6.45, 7) is -2.83. The van der Waals surface area contributed by atoms with Crippen LogP contribution in [0.15, 0.2) is 18.2 Å². The zero-order chi connectivity index (χ0) is 16.4. The molecule has 1 atom stereocenters. The SMILES string of the molecule is Cl.NC1(C(=O)NC2CCCc3cc(OC(F)F)ccc32)CCCC1. The summed E-state index contributed by atoms with van der Waals surface area (Å²) in [5.74, 6) is 0.0672. The number of halogens is 3. The molecule has 1 aromatic carbocycles. The number of nitrogens with one attached hydrogen (secondary N) is 1. The van der Waals surface area contributed by atoms with Crippen molar-refractivity contribution in [3.63, 3.8) is 0 Å². The molecular weight excluding hydrogens is 338 g/mol. The average Bonchev–Trinajstić information content (AvgIpc) is 2.95. The Morgan fingerprint density at radius 2 is 2.00 bits per heavy atom. The monoisotopic (exact) mass is 360 g/mol. The van der Waals surface area contributed by atoms with Crippen molar-refractivity contribution in [2.75, 3.05) is 0 Å². The summed E-state index contributed by atoms with van der Waals surface area (Å²) in [6.07, 6.45) is 5.95. The largest absolute Gasteiger partial charge is 0.435 e. The van der Waals surface area contributed by atoms with Crippen molar-refractivity contribution in [3.05, 3.63) is 29.3 Å². The molecule has 24 heavy (non-hydrogen) atoms. The molecule has 1 amide bonds. The smallest absolute Gasteiger partial charge is 0.387 e. The third-order valence-corrected chi connectivity index (χ3v) is 4.91. The van der Waals surface area contributed by atoms with Gasteiger partial charge in [0.1, 0.15) is 5.75 Å². The van der Waals surface area contributed by atoms with Crippen LogP contribution in [0.2, 0.25) is 0 Å². The van der Waals surface area contributed by atoms with Gasteiger partial charge in [-0.15, -0.1) is 12.4 Å². The minimum atomic E-state index is -2.83. The summed E-state index contributed by atoms with van der Waals surface area (Å²) < 4.78 is 29.1. The number of amides is 1. The number of fused-ring (bicyclic) bond motifs is 1. The lowest BCUT2D eigenvalue weighted by Gasteiger charge is -2.30. The molecule has 7 heteroatoms. The maximum absolute atomic E-state index is 12.5. The zero-order valence-corrected chi connectivity index (χ0v) is 14.2. The first-order valence-electron chi connectivity index (χ1n) is 8.15. The van der Waals surface area contributed by atoms with E-state index in [2.05, 4.69) is 10.1 Å². The number of aryl methyl sites for hydroxylation is 1. The Labute approximate surface area is 146 Å². The van der Waals surface area contributed by atoms with Crippen LogP contribution in [0, 0.1) is 0 Å². The van der Waals surface area contributed by atoms with Crippen molar-refractivity contribution in [1.82, 2.24) is 5.32 Å². The molecule has 2 aliphatic rings. The normalized spacial score (nSPS) is 21.8. The molecule has 4 nitrogen and oxygen atoms in total. The highest BCUT2D eigenvalue weighted by molar-refractivity contribution is 5.86. The lowest BCUT2D eigenvalue weighted by molar-refractivity contribution is -0.127. The number of ether oxygens (including phenoxy) is 1. The molecule has 134 valence electrons. The minimum Gasteiger partial charge on any atom is -0.435 e. The molecule has 1 unspecified atom stereocenters. The molecule has 0 heterocycles. The van der Waals surface area contributed by atoms with Gasteiger partial charge in [-0.1, -0.05) is 18.9 Å². The first-order chi connectivity index (χ1) is 11.0. The van der Waals surface area contributed by atoms with Crippen LogP contribution in [0.4, 0.5) is 8.78 Å². The lowest BCUT2D eigenvalue weighted by atomic mass is 9.86. The van der Waals surface area contributed by atoms with Gasteiger partial charge in [0.25, 0.3) is 0 Å². The molecule has 0 saturated heterocycles. The van der Waals surface area contributed by atoms with Crippen LogP contribution in [0.3, 0.4) is 0 Å². The van der Waals surface area contributed by atoms with E-state index in [0.29, 0.717) is 0 Å². The number of benzene rings is 1. The van der Waals surface area contributed by atoms with Crippen molar-refractivity contribution in [2.45, 2.75) is 63.1 Å². The lowest BCUT2D eigenvalue weighted by Crippen LogP contribution is -2.52. The molecule has 2 aliphatic carbocycles. The molecule has 0 spiro atoms. The van der Waals surface area contributed by atoms with Crippen LogP contribution in [-0.4, -0.2) is 18.1 Å². The van der Waals surface area contributed by atoms with Crippen molar-refractivity contribution in [1.29, 1.82) is 0 Å². The molecule has 0 aromatic heterocycles. The highest BCUT2D eigenvalue weighted by atomic mass is 35.5. The Bertz CT molecular complexity index is 592. The molecule has 0 aliphatic heterocycles. The van der Waals surface area contributed by atoms with E-state index >= 15 is 0 Å². The third-order valence-electron chi connectivity index (χ3n) is 4.91. The highest BCUT2D eigenvalue weighted by Gasteiger charge is 2.38. The van der Waals surface area contributed by atoms with Gasteiger partial charge in [-0.25, -0.2) is 0 Å². The second-order valence-corrected chi connectivity index (χ2v) is 6.52. The first kappa shape index (κ1) is 18.9. The van der Waals surface area contributed by atoms with Crippen LogP contribution in [0.25, 0.3) is 0 Å². The standard InChI is InChI=1S/C17H22F2N2O2.ClH/c18-16(19)23-12-6-7-13-11(10-12)4-3-5-14(13)21-15(22)17(20)8-1-2-9-17;/h6-7,10,14,16H,1-5,8-9,20H2,(H,21,22);1H. The number of nitrogens with two attached hydrogens (primary N) is 1. The van der Waals surface area contributed by atoms with E-state index < -0.39 is 12.2 Å². The highest BCUT2D eigenvalue weighted by Crippen LogP contribution is 2.34. The quantitative estimate of drug-likeness (QED) is 0.864. The molecule has 0 radical (unpaired) electrons. The second kappa shape index (κ2) is 7.66. The van der Waals surface area contributed by atoms with E-state index in [-0.39, 0.29) is 30.1 Å². The number of hydrogen-bond acceptors (Lipinski definition) is 3. The van der Waals surface area contributed by atoms with E-state index in [1.165, 1.54) is 6.07 Å². The van der Waals surface area contributed by atoms with Gasteiger partial charge in [0.15, 0.2) is 0 Å². The molecule has 1 fully saturated rings. The number of carbonyl (C=O) groups excluding carboxylic acids is 1. The maximum Gasteiger partial charge on any atom is 0.387 e. The molecular formula is C17H23ClF2N2O2. The van der Waals surface area contributed by atoms with Crippen LogP contribution in [0.1, 0.15) is 55.7 Å². The van der Waals surface area contributed by atoms with Crippen molar-refractivity contribution < 1.29 is 18.3 Å². The van der Waals surface area contributed by atoms with Gasteiger partial charge in [0.2, 0.25) is 5.91 Å². The third kappa shape index (κ3) is 3.98. The van der Waals surface area contributed by atoms with Gasteiger partial charge in [-0.3, -0.25) is 4.79 Å². The van der Waals surface area contributed by atoms with Gasteiger partial charge >= 0.3 is 6.61 Å². The summed E-state index contributed by atoms with van der Waals surface area (Å²) in [7, 11) is 0. The molecule has 0 bridgehead atoms. The van der Waals surface area contributed by atoms with E-state index in [4.69, 9.17) is 5.73 Å². The zero-order valence-electron chi connectivity index (χ0n) is 13.4. The van der Waals surface area contributed by atoms with Crippen molar-refractivity contribution in [2.24, 2.45) is 5.73 Å². The summed E-state index contributed by atoms with van der Waals surface area (Å²) >= 11 is 0. The fourth-order valence-electron chi connectivity index (χ4n) is 3.65. The summed E-state index contributed by atoms with van der Waals surface area (Å²) in [5.41, 5.74) is 7.38. The van der Waals surface area contributed by atoms with E-state index in [0.717, 1.165) is 56.1 Å². The van der Waals surface area contributed by atoms with Crippen LogP contribution >= 0.6 is 12.4 Å². The van der Waals surface area contributed by atoms with E-state index in [9.17, 15) is 13.6 Å². The average molecular weight is 361 g/mol. The molecule has 3 rings (SSSR count).